The SMILES string of the molecule is CC1CC(O)c2cc(Br)ccc2O1. The first-order chi connectivity index (χ1) is 6.16. The Hall–Kier alpha value is -0.540. The zero-order valence-corrected chi connectivity index (χ0v) is 8.91. The second-order valence-electron chi connectivity index (χ2n) is 3.36. The van der Waals surface area contributed by atoms with Gasteiger partial charge in [-0.25, -0.2) is 0 Å². The van der Waals surface area contributed by atoms with Gasteiger partial charge in [0.1, 0.15) is 5.75 Å². The van der Waals surface area contributed by atoms with Crippen molar-refractivity contribution in [2.24, 2.45) is 0 Å². The van der Waals surface area contributed by atoms with E-state index in [0.29, 0.717) is 6.42 Å². The molecule has 1 N–H and O–H groups in total. The van der Waals surface area contributed by atoms with Gasteiger partial charge >= 0.3 is 0 Å². The van der Waals surface area contributed by atoms with Gasteiger partial charge in [-0.3, -0.25) is 0 Å². The number of aliphatic hydroxyl groups excluding tert-OH is 1. The lowest BCUT2D eigenvalue weighted by molar-refractivity contribution is 0.0749. The molecule has 0 saturated carbocycles. The van der Waals surface area contributed by atoms with Crippen LogP contribution in [0.15, 0.2) is 22.7 Å². The Labute approximate surface area is 85.7 Å². The van der Waals surface area contributed by atoms with Gasteiger partial charge < -0.3 is 9.84 Å². The van der Waals surface area contributed by atoms with Crippen LogP contribution < -0.4 is 4.74 Å². The molecular formula is C10H11BrO2. The van der Waals surface area contributed by atoms with E-state index in [1.807, 2.05) is 25.1 Å². The molecule has 0 aliphatic carbocycles. The maximum absolute atomic E-state index is 9.76. The Morgan fingerprint density at radius 1 is 1.54 bits per heavy atom. The van der Waals surface area contributed by atoms with Gasteiger partial charge in [-0.2, -0.15) is 0 Å². The molecule has 0 fully saturated rings. The van der Waals surface area contributed by atoms with Crippen LogP contribution in [-0.4, -0.2) is 11.2 Å². The topological polar surface area (TPSA) is 29.5 Å². The predicted octanol–water partition coefficient (Wildman–Crippen LogP) is 2.65. The normalized spacial score (nSPS) is 26.4. The second-order valence-corrected chi connectivity index (χ2v) is 4.28. The third kappa shape index (κ3) is 1.71. The number of rotatable bonds is 0. The lowest BCUT2D eigenvalue weighted by Gasteiger charge is -2.27. The van der Waals surface area contributed by atoms with E-state index in [0.717, 1.165) is 15.8 Å². The molecule has 2 rings (SSSR count). The molecule has 0 amide bonds. The molecule has 2 unspecified atom stereocenters. The molecule has 1 aromatic carbocycles. The van der Waals surface area contributed by atoms with Crippen molar-refractivity contribution in [1.29, 1.82) is 0 Å². The van der Waals surface area contributed by atoms with Gasteiger partial charge in [0.05, 0.1) is 12.2 Å². The quantitative estimate of drug-likeness (QED) is 0.759. The van der Waals surface area contributed by atoms with E-state index in [1.54, 1.807) is 0 Å². The van der Waals surface area contributed by atoms with E-state index < -0.39 is 6.10 Å². The highest BCUT2D eigenvalue weighted by molar-refractivity contribution is 9.10. The highest BCUT2D eigenvalue weighted by atomic mass is 79.9. The van der Waals surface area contributed by atoms with Crippen molar-refractivity contribution < 1.29 is 9.84 Å². The van der Waals surface area contributed by atoms with E-state index in [-0.39, 0.29) is 6.10 Å². The van der Waals surface area contributed by atoms with Crippen molar-refractivity contribution in [2.45, 2.75) is 25.6 Å². The van der Waals surface area contributed by atoms with Gasteiger partial charge in [0, 0.05) is 16.5 Å². The molecule has 0 bridgehead atoms. The highest BCUT2D eigenvalue weighted by Gasteiger charge is 2.23. The standard InChI is InChI=1S/C10H11BrO2/c1-6-4-9(12)8-5-7(11)2-3-10(8)13-6/h2-3,5-6,9,12H,4H2,1H3. The minimum Gasteiger partial charge on any atom is -0.490 e. The van der Waals surface area contributed by atoms with E-state index in [1.165, 1.54) is 0 Å². The molecule has 1 heterocycles. The third-order valence-corrected chi connectivity index (χ3v) is 2.71. The largest absolute Gasteiger partial charge is 0.490 e. The molecule has 3 heteroatoms. The fourth-order valence-electron chi connectivity index (χ4n) is 1.59. The number of aliphatic hydroxyl groups is 1. The third-order valence-electron chi connectivity index (χ3n) is 2.21. The Kier molecular flexibility index (Phi) is 2.30. The summed E-state index contributed by atoms with van der Waals surface area (Å²) in [6.45, 7) is 1.97. The first kappa shape index (κ1) is 9.03. The first-order valence-electron chi connectivity index (χ1n) is 4.31. The minimum atomic E-state index is -0.392. The van der Waals surface area contributed by atoms with Gasteiger partial charge in [-0.1, -0.05) is 15.9 Å². The van der Waals surface area contributed by atoms with Crippen LogP contribution in [0, 0.1) is 0 Å². The molecule has 70 valence electrons. The zero-order chi connectivity index (χ0) is 9.42. The summed E-state index contributed by atoms with van der Waals surface area (Å²) in [6.07, 6.45) is 0.378. The highest BCUT2D eigenvalue weighted by Crippen LogP contribution is 2.36. The Morgan fingerprint density at radius 3 is 3.08 bits per heavy atom. The first-order valence-corrected chi connectivity index (χ1v) is 5.10. The summed E-state index contributed by atoms with van der Waals surface area (Å²) in [5.74, 6) is 0.800. The monoisotopic (exact) mass is 242 g/mol. The van der Waals surface area contributed by atoms with Crippen LogP contribution in [0.3, 0.4) is 0 Å². The van der Waals surface area contributed by atoms with Crippen molar-refractivity contribution in [3.05, 3.63) is 28.2 Å². The molecule has 0 spiro atoms. The van der Waals surface area contributed by atoms with Crippen molar-refractivity contribution in [3.8, 4) is 5.75 Å². The molecule has 0 saturated heterocycles. The molecule has 2 nitrogen and oxygen atoms in total. The van der Waals surface area contributed by atoms with Gasteiger partial charge in [0.25, 0.3) is 0 Å². The van der Waals surface area contributed by atoms with Crippen LogP contribution in [0.1, 0.15) is 25.0 Å². The number of hydrogen-bond acceptors (Lipinski definition) is 2. The molecule has 2 atom stereocenters. The van der Waals surface area contributed by atoms with Gasteiger partial charge in [0.2, 0.25) is 0 Å². The summed E-state index contributed by atoms with van der Waals surface area (Å²) in [7, 11) is 0. The van der Waals surface area contributed by atoms with Gasteiger partial charge in [0.15, 0.2) is 0 Å². The molecule has 0 radical (unpaired) electrons. The van der Waals surface area contributed by atoms with E-state index >= 15 is 0 Å². The Morgan fingerprint density at radius 2 is 2.31 bits per heavy atom. The van der Waals surface area contributed by atoms with Crippen molar-refractivity contribution >= 4 is 15.9 Å². The summed E-state index contributed by atoms with van der Waals surface area (Å²) >= 11 is 3.37. The Bertz CT molecular complexity index is 325. The van der Waals surface area contributed by atoms with E-state index in [9.17, 15) is 5.11 Å². The minimum absolute atomic E-state index is 0.101. The van der Waals surface area contributed by atoms with Gasteiger partial charge in [-0.15, -0.1) is 0 Å². The molecular weight excluding hydrogens is 232 g/mol. The van der Waals surface area contributed by atoms with Crippen molar-refractivity contribution in [1.82, 2.24) is 0 Å². The molecule has 1 aliphatic heterocycles. The average molecular weight is 243 g/mol. The van der Waals surface area contributed by atoms with Crippen LogP contribution in [0.25, 0.3) is 0 Å². The van der Waals surface area contributed by atoms with Crippen LogP contribution >= 0.6 is 15.9 Å². The maximum atomic E-state index is 9.76. The zero-order valence-electron chi connectivity index (χ0n) is 7.33. The Balaban J connectivity index is 2.43. The number of ether oxygens (including phenoxy) is 1. The second kappa shape index (κ2) is 3.31. The fraction of sp³-hybridized carbons (Fsp3) is 0.400. The summed E-state index contributed by atoms with van der Waals surface area (Å²) in [5.41, 5.74) is 0.882. The van der Waals surface area contributed by atoms with Crippen LogP contribution in [0.2, 0.25) is 0 Å². The predicted molar refractivity (Wildman–Crippen MR) is 53.8 cm³/mol. The van der Waals surface area contributed by atoms with Crippen LogP contribution in [-0.2, 0) is 0 Å². The van der Waals surface area contributed by atoms with Crippen molar-refractivity contribution in [2.75, 3.05) is 0 Å². The summed E-state index contributed by atoms with van der Waals surface area (Å²) in [5, 5.41) is 9.76. The van der Waals surface area contributed by atoms with E-state index in [4.69, 9.17) is 4.74 Å². The lowest BCUT2D eigenvalue weighted by Crippen LogP contribution is -2.22. The lowest BCUT2D eigenvalue weighted by atomic mass is 10.00. The fourth-order valence-corrected chi connectivity index (χ4v) is 1.97. The molecule has 1 aromatic rings. The number of hydrogen-bond donors (Lipinski definition) is 1. The molecule has 13 heavy (non-hydrogen) atoms. The maximum Gasteiger partial charge on any atom is 0.125 e. The van der Waals surface area contributed by atoms with Crippen LogP contribution in [0.5, 0.6) is 5.75 Å². The summed E-state index contributed by atoms with van der Waals surface area (Å²) < 4.78 is 6.55. The van der Waals surface area contributed by atoms with Crippen LogP contribution in [0.4, 0.5) is 0 Å². The van der Waals surface area contributed by atoms with E-state index in [2.05, 4.69) is 15.9 Å². The van der Waals surface area contributed by atoms with Gasteiger partial charge in [-0.05, 0) is 25.1 Å². The molecule has 1 aliphatic rings. The smallest absolute Gasteiger partial charge is 0.125 e. The number of benzene rings is 1. The number of halogens is 1. The summed E-state index contributed by atoms with van der Waals surface area (Å²) in [4.78, 5) is 0. The number of fused-ring (bicyclic) bond motifs is 1. The summed E-state index contributed by atoms with van der Waals surface area (Å²) in [6, 6.07) is 5.72. The van der Waals surface area contributed by atoms with Crippen molar-refractivity contribution in [3.63, 3.8) is 0 Å². The molecule has 0 aromatic heterocycles. The average Bonchev–Trinajstić information content (AvgIpc) is 2.06.